The molecule has 0 aromatic carbocycles. The van der Waals surface area contributed by atoms with Gasteiger partial charge in [0.05, 0.1) is 12.2 Å². The number of hydrogen-bond acceptors (Lipinski definition) is 4. The Balaban J connectivity index is 2.64. The second kappa shape index (κ2) is 4.57. The third-order valence-electron chi connectivity index (χ3n) is 1.42. The monoisotopic (exact) mass is 213 g/mol. The van der Waals surface area contributed by atoms with E-state index in [0.717, 1.165) is 0 Å². The molecule has 74 valence electrons. The van der Waals surface area contributed by atoms with Crippen molar-refractivity contribution >= 4 is 23.1 Å². The van der Waals surface area contributed by atoms with E-state index in [-0.39, 0.29) is 5.82 Å². The molecule has 0 saturated heterocycles. The molecule has 0 fully saturated rings. The van der Waals surface area contributed by atoms with Crippen LogP contribution in [0.2, 0.25) is 0 Å². The Morgan fingerprint density at radius 1 is 1.71 bits per heavy atom. The van der Waals surface area contributed by atoms with Crippen molar-refractivity contribution in [3.05, 3.63) is 40.1 Å². The summed E-state index contributed by atoms with van der Waals surface area (Å²) in [4.78, 5) is 13.3. The van der Waals surface area contributed by atoms with Crippen LogP contribution < -0.4 is 5.32 Å². The molecule has 1 heterocycles. The summed E-state index contributed by atoms with van der Waals surface area (Å²) in [5.41, 5.74) is 0.664. The molecule has 0 atom stereocenters. The van der Waals surface area contributed by atoms with Crippen molar-refractivity contribution in [1.29, 1.82) is 0 Å². The van der Waals surface area contributed by atoms with Gasteiger partial charge in [-0.25, -0.2) is 0 Å². The first kappa shape index (κ1) is 10.5. The first-order valence-electron chi connectivity index (χ1n) is 3.77. The lowest BCUT2D eigenvalue weighted by molar-refractivity contribution is -0.389. The smallest absolute Gasteiger partial charge is 0.363 e. The summed E-state index contributed by atoms with van der Waals surface area (Å²) in [5, 5.41) is 13.6. The summed E-state index contributed by atoms with van der Waals surface area (Å²) >= 11 is 5.52. The van der Waals surface area contributed by atoms with Crippen LogP contribution in [0.15, 0.2) is 29.9 Å². The summed E-state index contributed by atoms with van der Waals surface area (Å²) in [7, 11) is 0. The van der Waals surface area contributed by atoms with Crippen molar-refractivity contribution < 1.29 is 4.92 Å². The maximum atomic E-state index is 10.3. The number of nitro groups is 1. The lowest BCUT2D eigenvalue weighted by Crippen LogP contribution is -2.01. The molecule has 0 saturated carbocycles. The summed E-state index contributed by atoms with van der Waals surface area (Å²) < 4.78 is 0. The highest BCUT2D eigenvalue weighted by Crippen LogP contribution is 2.11. The maximum Gasteiger partial charge on any atom is 0.363 e. The number of anilines is 1. The Bertz CT molecular complexity index is 350. The van der Waals surface area contributed by atoms with Gasteiger partial charge in [-0.3, -0.25) is 0 Å². The number of hydrogen-bond donors (Lipinski definition) is 1. The highest BCUT2D eigenvalue weighted by atomic mass is 35.5. The third-order valence-corrected chi connectivity index (χ3v) is 1.55. The number of nitrogens with zero attached hydrogens (tertiary/aromatic N) is 2. The lowest BCUT2D eigenvalue weighted by atomic mass is 10.4. The summed E-state index contributed by atoms with van der Waals surface area (Å²) in [6.45, 7) is 3.89. The van der Waals surface area contributed by atoms with Gasteiger partial charge in [0.1, 0.15) is 0 Å². The Hall–Kier alpha value is -1.62. The molecule has 1 rings (SSSR count). The number of nitrogens with one attached hydrogen (secondary N) is 1. The van der Waals surface area contributed by atoms with Crippen LogP contribution in [0, 0.1) is 10.1 Å². The SMILES string of the molecule is C=C(Cl)CNc1ccc([N+](=O)[O-])nc1. The average molecular weight is 214 g/mol. The molecule has 0 aliphatic carbocycles. The van der Waals surface area contributed by atoms with Gasteiger partial charge in [-0.15, -0.1) is 0 Å². The molecule has 5 nitrogen and oxygen atoms in total. The van der Waals surface area contributed by atoms with Crippen LogP contribution in [-0.2, 0) is 0 Å². The van der Waals surface area contributed by atoms with E-state index in [9.17, 15) is 10.1 Å². The molecule has 0 radical (unpaired) electrons. The minimum atomic E-state index is -0.551. The van der Waals surface area contributed by atoms with Crippen LogP contribution in [0.5, 0.6) is 0 Å². The molecule has 1 N–H and O–H groups in total. The molecule has 1 aromatic rings. The van der Waals surface area contributed by atoms with Crippen LogP contribution in [0.3, 0.4) is 0 Å². The van der Waals surface area contributed by atoms with Crippen molar-refractivity contribution in [3.63, 3.8) is 0 Å². The Kier molecular flexibility index (Phi) is 3.41. The summed E-state index contributed by atoms with van der Waals surface area (Å²) in [6, 6.07) is 2.88. The largest absolute Gasteiger partial charge is 0.377 e. The van der Waals surface area contributed by atoms with E-state index in [1.54, 1.807) is 6.07 Å². The highest BCUT2D eigenvalue weighted by Gasteiger charge is 2.05. The van der Waals surface area contributed by atoms with Gasteiger partial charge in [-0.1, -0.05) is 18.2 Å². The zero-order chi connectivity index (χ0) is 10.6. The summed E-state index contributed by atoms with van der Waals surface area (Å²) in [5.74, 6) is -0.180. The molecule has 6 heteroatoms. The van der Waals surface area contributed by atoms with Gasteiger partial charge in [0.25, 0.3) is 0 Å². The number of rotatable bonds is 4. The third kappa shape index (κ3) is 3.02. The van der Waals surface area contributed by atoms with Crippen LogP contribution >= 0.6 is 11.6 Å². The van der Waals surface area contributed by atoms with Crippen molar-refractivity contribution in [2.75, 3.05) is 11.9 Å². The van der Waals surface area contributed by atoms with Crippen molar-refractivity contribution in [2.45, 2.75) is 0 Å². The second-order valence-corrected chi connectivity index (χ2v) is 3.07. The molecule has 0 unspecified atom stereocenters. The normalized spacial score (nSPS) is 9.50. The predicted molar refractivity (Wildman–Crippen MR) is 54.4 cm³/mol. The van der Waals surface area contributed by atoms with Gasteiger partial charge in [0.2, 0.25) is 0 Å². The summed E-state index contributed by atoms with van der Waals surface area (Å²) in [6.07, 6.45) is 1.37. The van der Waals surface area contributed by atoms with Crippen LogP contribution in [0.1, 0.15) is 0 Å². The molecular formula is C8H8ClN3O2. The number of pyridine rings is 1. The van der Waals surface area contributed by atoms with Gasteiger partial charge >= 0.3 is 5.82 Å². The lowest BCUT2D eigenvalue weighted by Gasteiger charge is -2.01. The van der Waals surface area contributed by atoms with Gasteiger partial charge in [0.15, 0.2) is 6.20 Å². The van der Waals surface area contributed by atoms with Gasteiger partial charge in [0, 0.05) is 11.1 Å². The van der Waals surface area contributed by atoms with E-state index in [1.165, 1.54) is 12.3 Å². The number of aromatic nitrogens is 1. The highest BCUT2D eigenvalue weighted by molar-refractivity contribution is 6.29. The molecule has 0 aliphatic heterocycles. The van der Waals surface area contributed by atoms with E-state index in [4.69, 9.17) is 11.6 Å². The fraction of sp³-hybridized carbons (Fsp3) is 0.125. The van der Waals surface area contributed by atoms with E-state index < -0.39 is 4.92 Å². The van der Waals surface area contributed by atoms with Crippen LogP contribution in [-0.4, -0.2) is 16.5 Å². The molecule has 0 amide bonds. The van der Waals surface area contributed by atoms with E-state index >= 15 is 0 Å². The first-order valence-corrected chi connectivity index (χ1v) is 4.15. The van der Waals surface area contributed by atoms with Crippen molar-refractivity contribution in [1.82, 2.24) is 4.98 Å². The van der Waals surface area contributed by atoms with Gasteiger partial charge in [-0.2, -0.15) is 0 Å². The Morgan fingerprint density at radius 3 is 2.86 bits per heavy atom. The quantitative estimate of drug-likeness (QED) is 0.615. The second-order valence-electron chi connectivity index (χ2n) is 2.53. The van der Waals surface area contributed by atoms with E-state index in [1.807, 2.05) is 0 Å². The Morgan fingerprint density at radius 2 is 2.43 bits per heavy atom. The topological polar surface area (TPSA) is 68.1 Å². The van der Waals surface area contributed by atoms with Gasteiger partial charge < -0.3 is 15.4 Å². The molecule has 0 spiro atoms. The number of halogens is 1. The van der Waals surface area contributed by atoms with Crippen LogP contribution in [0.25, 0.3) is 0 Å². The maximum absolute atomic E-state index is 10.3. The molecule has 0 aliphatic rings. The molecule has 14 heavy (non-hydrogen) atoms. The van der Waals surface area contributed by atoms with E-state index in [2.05, 4.69) is 16.9 Å². The first-order chi connectivity index (χ1) is 6.59. The zero-order valence-corrected chi connectivity index (χ0v) is 7.99. The predicted octanol–water partition coefficient (Wildman–Crippen LogP) is 2.15. The van der Waals surface area contributed by atoms with Crippen molar-refractivity contribution in [2.24, 2.45) is 0 Å². The molecular weight excluding hydrogens is 206 g/mol. The minimum absolute atomic E-state index is 0.180. The van der Waals surface area contributed by atoms with Crippen LogP contribution in [0.4, 0.5) is 11.5 Å². The molecule has 0 bridgehead atoms. The fourth-order valence-corrected chi connectivity index (χ4v) is 0.863. The van der Waals surface area contributed by atoms with Crippen molar-refractivity contribution in [3.8, 4) is 0 Å². The fourth-order valence-electron chi connectivity index (χ4n) is 0.797. The standard InChI is InChI=1S/C8H8ClN3O2/c1-6(9)4-10-7-2-3-8(11-5-7)12(13)14/h2-3,5,10H,1,4H2. The Labute approximate surface area is 85.6 Å². The average Bonchev–Trinajstić information content (AvgIpc) is 2.15. The molecule has 1 aromatic heterocycles. The van der Waals surface area contributed by atoms with E-state index in [0.29, 0.717) is 17.3 Å². The minimum Gasteiger partial charge on any atom is -0.377 e. The zero-order valence-electron chi connectivity index (χ0n) is 7.24. The van der Waals surface area contributed by atoms with Gasteiger partial charge in [-0.05, 0) is 16.0 Å².